The van der Waals surface area contributed by atoms with E-state index in [0.717, 1.165) is 5.69 Å². The number of nitrogens with zero attached hydrogens (tertiary/aromatic N) is 1. The van der Waals surface area contributed by atoms with Gasteiger partial charge in [0, 0.05) is 14.0 Å². The summed E-state index contributed by atoms with van der Waals surface area (Å²) in [6.45, 7) is 1.48. The molecule has 0 fully saturated rings. The average molecular weight is 208 g/mol. The first-order valence-corrected chi connectivity index (χ1v) is 4.65. The van der Waals surface area contributed by atoms with Crippen molar-refractivity contribution in [2.75, 3.05) is 11.9 Å². The first-order chi connectivity index (χ1) is 6.66. The number of anilines is 1. The van der Waals surface area contributed by atoms with Gasteiger partial charge in [0.15, 0.2) is 5.11 Å². The number of hydrogen-bond donors (Lipinski definition) is 1. The van der Waals surface area contributed by atoms with Gasteiger partial charge in [0.05, 0.1) is 5.69 Å². The van der Waals surface area contributed by atoms with Crippen LogP contribution in [0.1, 0.15) is 6.92 Å². The number of carbonyl (C=O) groups excluding carboxylic acids is 1. The van der Waals surface area contributed by atoms with Crippen LogP contribution in [0.25, 0.3) is 0 Å². The molecule has 0 heterocycles. The Bertz CT molecular complexity index is 337. The zero-order chi connectivity index (χ0) is 10.6. The smallest absolute Gasteiger partial charge is 0.230 e. The SMILES string of the molecule is CNC(=S)N(C(C)=O)c1ccccc1. The average Bonchev–Trinajstić information content (AvgIpc) is 2.19. The molecule has 0 bridgehead atoms. The molecule has 1 aromatic carbocycles. The molecule has 0 saturated carbocycles. The first-order valence-electron chi connectivity index (χ1n) is 4.24. The van der Waals surface area contributed by atoms with Crippen LogP contribution >= 0.6 is 12.2 Å². The fourth-order valence-electron chi connectivity index (χ4n) is 1.13. The highest BCUT2D eigenvalue weighted by Gasteiger charge is 2.14. The third kappa shape index (κ3) is 2.29. The Balaban J connectivity index is 3.01. The minimum atomic E-state index is -0.101. The topological polar surface area (TPSA) is 32.3 Å². The van der Waals surface area contributed by atoms with Gasteiger partial charge >= 0.3 is 0 Å². The first kappa shape index (κ1) is 10.7. The number of carbonyl (C=O) groups is 1. The molecule has 0 spiro atoms. The summed E-state index contributed by atoms with van der Waals surface area (Å²) < 4.78 is 0. The lowest BCUT2D eigenvalue weighted by Crippen LogP contribution is -2.41. The molecule has 1 aromatic rings. The predicted octanol–water partition coefficient (Wildman–Crippen LogP) is 1.54. The summed E-state index contributed by atoms with van der Waals surface area (Å²) >= 11 is 5.03. The van der Waals surface area contributed by atoms with E-state index in [1.54, 1.807) is 7.05 Å². The van der Waals surface area contributed by atoms with E-state index in [1.807, 2.05) is 30.3 Å². The Hall–Kier alpha value is -1.42. The van der Waals surface area contributed by atoms with Crippen molar-refractivity contribution in [2.24, 2.45) is 0 Å². The van der Waals surface area contributed by atoms with E-state index in [9.17, 15) is 4.79 Å². The largest absolute Gasteiger partial charge is 0.365 e. The third-order valence-electron chi connectivity index (χ3n) is 1.75. The molecule has 0 unspecified atom stereocenters. The normalized spacial score (nSPS) is 9.29. The monoisotopic (exact) mass is 208 g/mol. The highest BCUT2D eigenvalue weighted by molar-refractivity contribution is 7.80. The maximum Gasteiger partial charge on any atom is 0.230 e. The molecule has 1 amide bonds. The van der Waals surface area contributed by atoms with Gasteiger partial charge in [0.2, 0.25) is 5.91 Å². The van der Waals surface area contributed by atoms with Crippen LogP contribution in [0.2, 0.25) is 0 Å². The number of thiocarbonyl (C=S) groups is 1. The number of rotatable bonds is 1. The molecule has 0 aliphatic heterocycles. The van der Waals surface area contributed by atoms with Gasteiger partial charge in [-0.3, -0.25) is 9.69 Å². The van der Waals surface area contributed by atoms with Gasteiger partial charge in [-0.05, 0) is 24.4 Å². The van der Waals surface area contributed by atoms with Crippen molar-refractivity contribution in [1.82, 2.24) is 5.32 Å². The van der Waals surface area contributed by atoms with Crippen molar-refractivity contribution in [2.45, 2.75) is 6.92 Å². The summed E-state index contributed by atoms with van der Waals surface area (Å²) in [6, 6.07) is 9.30. The van der Waals surface area contributed by atoms with Gasteiger partial charge in [-0.1, -0.05) is 18.2 Å². The molecular weight excluding hydrogens is 196 g/mol. The number of amides is 1. The molecule has 1 rings (SSSR count). The second-order valence-electron chi connectivity index (χ2n) is 2.75. The van der Waals surface area contributed by atoms with Crippen LogP contribution in [-0.2, 0) is 4.79 Å². The maximum absolute atomic E-state index is 11.3. The second kappa shape index (κ2) is 4.72. The van der Waals surface area contributed by atoms with Crippen molar-refractivity contribution >= 4 is 28.9 Å². The highest BCUT2D eigenvalue weighted by atomic mass is 32.1. The Kier molecular flexibility index (Phi) is 3.59. The van der Waals surface area contributed by atoms with E-state index in [4.69, 9.17) is 12.2 Å². The van der Waals surface area contributed by atoms with Crippen LogP contribution < -0.4 is 10.2 Å². The van der Waals surface area contributed by atoms with Crippen LogP contribution in [0.3, 0.4) is 0 Å². The minimum Gasteiger partial charge on any atom is -0.365 e. The molecule has 4 heteroatoms. The lowest BCUT2D eigenvalue weighted by Gasteiger charge is -2.20. The molecule has 74 valence electrons. The van der Waals surface area contributed by atoms with Crippen molar-refractivity contribution in [3.8, 4) is 0 Å². The molecule has 0 aliphatic rings. The number of benzene rings is 1. The van der Waals surface area contributed by atoms with Crippen molar-refractivity contribution in [1.29, 1.82) is 0 Å². The Labute approximate surface area is 88.7 Å². The van der Waals surface area contributed by atoms with Gasteiger partial charge in [-0.2, -0.15) is 0 Å². The summed E-state index contributed by atoms with van der Waals surface area (Å²) in [6.07, 6.45) is 0. The fourth-order valence-corrected chi connectivity index (χ4v) is 1.36. The maximum atomic E-state index is 11.3. The minimum absolute atomic E-state index is 0.101. The molecular formula is C10H12N2OS. The zero-order valence-corrected chi connectivity index (χ0v) is 8.97. The van der Waals surface area contributed by atoms with Crippen LogP contribution in [0, 0.1) is 0 Å². The predicted molar refractivity (Wildman–Crippen MR) is 61.3 cm³/mol. The van der Waals surface area contributed by atoms with Gasteiger partial charge < -0.3 is 5.32 Å². The number of hydrogen-bond acceptors (Lipinski definition) is 2. The van der Waals surface area contributed by atoms with Gasteiger partial charge in [0.1, 0.15) is 0 Å². The Morgan fingerprint density at radius 2 is 1.93 bits per heavy atom. The summed E-state index contributed by atoms with van der Waals surface area (Å²) in [5.74, 6) is -0.101. The number of para-hydroxylation sites is 1. The quantitative estimate of drug-likeness (QED) is 0.711. The second-order valence-corrected chi connectivity index (χ2v) is 3.13. The standard InChI is InChI=1S/C10H12N2OS/c1-8(13)12(10(14)11-2)9-6-4-3-5-7-9/h3-7H,1-2H3,(H,11,14). The van der Waals surface area contributed by atoms with E-state index in [0.29, 0.717) is 5.11 Å². The lowest BCUT2D eigenvalue weighted by molar-refractivity contribution is -0.115. The molecule has 0 radical (unpaired) electrons. The molecule has 0 saturated heterocycles. The molecule has 0 aliphatic carbocycles. The van der Waals surface area contributed by atoms with E-state index in [-0.39, 0.29) is 5.91 Å². The van der Waals surface area contributed by atoms with Gasteiger partial charge in [-0.15, -0.1) is 0 Å². The summed E-state index contributed by atoms with van der Waals surface area (Å²) in [4.78, 5) is 12.8. The van der Waals surface area contributed by atoms with Gasteiger partial charge in [0.25, 0.3) is 0 Å². The molecule has 3 nitrogen and oxygen atoms in total. The van der Waals surface area contributed by atoms with Crippen molar-refractivity contribution in [3.63, 3.8) is 0 Å². The van der Waals surface area contributed by atoms with E-state index in [1.165, 1.54) is 11.8 Å². The summed E-state index contributed by atoms with van der Waals surface area (Å²) in [7, 11) is 1.70. The Morgan fingerprint density at radius 1 is 1.36 bits per heavy atom. The summed E-state index contributed by atoms with van der Waals surface area (Å²) in [5, 5.41) is 3.19. The molecule has 1 N–H and O–H groups in total. The van der Waals surface area contributed by atoms with Crippen molar-refractivity contribution < 1.29 is 4.79 Å². The van der Waals surface area contributed by atoms with E-state index in [2.05, 4.69) is 5.32 Å². The lowest BCUT2D eigenvalue weighted by atomic mass is 10.3. The fraction of sp³-hybridized carbons (Fsp3) is 0.200. The molecule has 0 aromatic heterocycles. The van der Waals surface area contributed by atoms with Crippen LogP contribution in [0.4, 0.5) is 5.69 Å². The summed E-state index contributed by atoms with van der Waals surface area (Å²) in [5.41, 5.74) is 0.777. The van der Waals surface area contributed by atoms with E-state index >= 15 is 0 Å². The molecule has 14 heavy (non-hydrogen) atoms. The van der Waals surface area contributed by atoms with Crippen LogP contribution in [-0.4, -0.2) is 18.1 Å². The van der Waals surface area contributed by atoms with Crippen LogP contribution in [0.5, 0.6) is 0 Å². The van der Waals surface area contributed by atoms with E-state index < -0.39 is 0 Å². The third-order valence-corrected chi connectivity index (χ3v) is 2.13. The molecule has 0 atom stereocenters. The van der Waals surface area contributed by atoms with Crippen LogP contribution in [0.15, 0.2) is 30.3 Å². The number of nitrogens with one attached hydrogen (secondary N) is 1. The zero-order valence-electron chi connectivity index (χ0n) is 8.15. The van der Waals surface area contributed by atoms with Crippen molar-refractivity contribution in [3.05, 3.63) is 30.3 Å². The van der Waals surface area contributed by atoms with Gasteiger partial charge in [-0.25, -0.2) is 0 Å². The Morgan fingerprint density at radius 3 is 2.36 bits per heavy atom. The highest BCUT2D eigenvalue weighted by Crippen LogP contribution is 2.13.